The van der Waals surface area contributed by atoms with Crippen LogP contribution in [0.25, 0.3) is 0 Å². The van der Waals surface area contributed by atoms with E-state index in [1.165, 1.54) is 0 Å². The maximum absolute atomic E-state index is 13.0. The predicted molar refractivity (Wildman–Crippen MR) is 108 cm³/mol. The molecule has 1 heterocycles. The molecule has 0 saturated carbocycles. The number of hydrogen-bond acceptors (Lipinski definition) is 3. The van der Waals surface area contributed by atoms with Gasteiger partial charge in [0, 0.05) is 37.0 Å². The molecule has 0 aliphatic rings. The van der Waals surface area contributed by atoms with Crippen LogP contribution in [0.5, 0.6) is 0 Å². The molecule has 1 aromatic heterocycles. The average molecular weight is 403 g/mol. The molecule has 1 unspecified atom stereocenters. The van der Waals surface area contributed by atoms with Crippen molar-refractivity contribution in [3.8, 4) is 0 Å². The van der Waals surface area contributed by atoms with Crippen molar-refractivity contribution in [3.63, 3.8) is 0 Å². The van der Waals surface area contributed by atoms with Gasteiger partial charge in [0.15, 0.2) is 5.82 Å². The van der Waals surface area contributed by atoms with Crippen LogP contribution in [0.2, 0.25) is 10.0 Å². The van der Waals surface area contributed by atoms with Crippen LogP contribution in [0.4, 0.5) is 0 Å². The number of imidazole rings is 1. The summed E-state index contributed by atoms with van der Waals surface area (Å²) in [6.45, 7) is 2.44. The SMILES string of the molecule is Cc1ccccc1C(=O)c1nccn1CC(CCO)c1ccc(Cl)c(Cl)c1. The fourth-order valence-corrected chi connectivity index (χ4v) is 3.44. The normalized spacial score (nSPS) is 12.1. The third-order valence-electron chi connectivity index (χ3n) is 4.62. The number of hydrogen-bond donors (Lipinski definition) is 1. The summed E-state index contributed by atoms with van der Waals surface area (Å²) < 4.78 is 1.83. The highest BCUT2D eigenvalue weighted by molar-refractivity contribution is 6.42. The number of benzene rings is 2. The predicted octanol–water partition coefficient (Wildman–Crippen LogP) is 4.90. The summed E-state index contributed by atoms with van der Waals surface area (Å²) >= 11 is 12.2. The number of aliphatic hydroxyl groups is 1. The zero-order chi connectivity index (χ0) is 19.4. The molecule has 6 heteroatoms. The highest BCUT2D eigenvalue weighted by atomic mass is 35.5. The number of carbonyl (C=O) groups is 1. The maximum atomic E-state index is 13.0. The van der Waals surface area contributed by atoms with Crippen molar-refractivity contribution in [1.82, 2.24) is 9.55 Å². The number of halogens is 2. The van der Waals surface area contributed by atoms with Gasteiger partial charge in [-0.2, -0.15) is 0 Å². The molecular formula is C21H20Cl2N2O2. The molecule has 3 rings (SSSR count). The molecule has 1 atom stereocenters. The Morgan fingerprint density at radius 1 is 1.19 bits per heavy atom. The van der Waals surface area contributed by atoms with Crippen LogP contribution in [-0.4, -0.2) is 27.0 Å². The number of nitrogens with zero attached hydrogens (tertiary/aromatic N) is 2. The van der Waals surface area contributed by atoms with E-state index in [-0.39, 0.29) is 18.3 Å². The van der Waals surface area contributed by atoms with E-state index in [9.17, 15) is 9.90 Å². The Hall–Kier alpha value is -2.14. The van der Waals surface area contributed by atoms with Gasteiger partial charge in [0.1, 0.15) is 0 Å². The van der Waals surface area contributed by atoms with Crippen molar-refractivity contribution < 1.29 is 9.90 Å². The van der Waals surface area contributed by atoms with E-state index in [0.717, 1.165) is 11.1 Å². The van der Waals surface area contributed by atoms with Crippen LogP contribution in [0, 0.1) is 6.92 Å². The summed E-state index contributed by atoms with van der Waals surface area (Å²) in [4.78, 5) is 17.2. The van der Waals surface area contributed by atoms with Crippen LogP contribution in [0.15, 0.2) is 54.9 Å². The van der Waals surface area contributed by atoms with Crippen molar-refractivity contribution in [2.45, 2.75) is 25.8 Å². The first-order chi connectivity index (χ1) is 13.0. The van der Waals surface area contributed by atoms with Gasteiger partial charge in [-0.25, -0.2) is 4.98 Å². The number of ketones is 1. The highest BCUT2D eigenvalue weighted by Crippen LogP contribution is 2.29. The molecule has 4 nitrogen and oxygen atoms in total. The Morgan fingerprint density at radius 2 is 1.96 bits per heavy atom. The molecule has 3 aromatic rings. The Morgan fingerprint density at radius 3 is 2.67 bits per heavy atom. The second-order valence-electron chi connectivity index (χ2n) is 6.43. The minimum atomic E-state index is -0.116. The molecular weight excluding hydrogens is 383 g/mol. The van der Waals surface area contributed by atoms with Gasteiger partial charge >= 0.3 is 0 Å². The second kappa shape index (κ2) is 8.70. The minimum Gasteiger partial charge on any atom is -0.396 e. The summed E-state index contributed by atoms with van der Waals surface area (Å²) in [5, 5.41) is 10.5. The number of aliphatic hydroxyl groups excluding tert-OH is 1. The van der Waals surface area contributed by atoms with E-state index in [4.69, 9.17) is 23.2 Å². The third-order valence-corrected chi connectivity index (χ3v) is 5.36. The van der Waals surface area contributed by atoms with E-state index in [1.807, 2.05) is 41.8 Å². The molecule has 0 amide bonds. The molecule has 27 heavy (non-hydrogen) atoms. The lowest BCUT2D eigenvalue weighted by Gasteiger charge is -2.19. The largest absolute Gasteiger partial charge is 0.396 e. The van der Waals surface area contributed by atoms with E-state index in [1.54, 1.807) is 24.5 Å². The molecule has 0 radical (unpaired) electrons. The number of aryl methyl sites for hydroxylation is 1. The van der Waals surface area contributed by atoms with Gasteiger partial charge in [-0.05, 0) is 36.6 Å². The molecule has 0 fully saturated rings. The van der Waals surface area contributed by atoms with E-state index < -0.39 is 0 Å². The Balaban J connectivity index is 1.90. The van der Waals surface area contributed by atoms with E-state index >= 15 is 0 Å². The summed E-state index contributed by atoms with van der Waals surface area (Å²) in [7, 11) is 0. The zero-order valence-corrected chi connectivity index (χ0v) is 16.4. The molecule has 0 aliphatic heterocycles. The molecule has 0 saturated heterocycles. The molecule has 0 bridgehead atoms. The smallest absolute Gasteiger partial charge is 0.228 e. The first kappa shape index (κ1) is 19.6. The maximum Gasteiger partial charge on any atom is 0.228 e. The Bertz CT molecular complexity index is 953. The molecule has 140 valence electrons. The van der Waals surface area contributed by atoms with Crippen LogP contribution >= 0.6 is 23.2 Å². The number of aromatic nitrogens is 2. The van der Waals surface area contributed by atoms with Gasteiger partial charge < -0.3 is 9.67 Å². The Kier molecular flexibility index (Phi) is 6.32. The molecule has 0 spiro atoms. The van der Waals surface area contributed by atoms with Gasteiger partial charge in [0.05, 0.1) is 10.0 Å². The van der Waals surface area contributed by atoms with Crippen molar-refractivity contribution in [1.29, 1.82) is 0 Å². The minimum absolute atomic E-state index is 0.0256. The van der Waals surface area contributed by atoms with Crippen LogP contribution < -0.4 is 0 Å². The van der Waals surface area contributed by atoms with Gasteiger partial charge in [0.2, 0.25) is 5.78 Å². The van der Waals surface area contributed by atoms with Gasteiger partial charge in [-0.1, -0.05) is 53.5 Å². The molecule has 0 aliphatic carbocycles. The lowest BCUT2D eigenvalue weighted by atomic mass is 9.95. The van der Waals surface area contributed by atoms with Crippen molar-refractivity contribution in [3.05, 3.63) is 87.4 Å². The Labute approximate surface area is 168 Å². The topological polar surface area (TPSA) is 55.1 Å². The fourth-order valence-electron chi connectivity index (χ4n) is 3.14. The third kappa shape index (κ3) is 4.41. The average Bonchev–Trinajstić information content (AvgIpc) is 3.12. The lowest BCUT2D eigenvalue weighted by molar-refractivity contribution is 0.102. The summed E-state index contributed by atoms with van der Waals surface area (Å²) in [5.74, 6) is 0.240. The van der Waals surface area contributed by atoms with Gasteiger partial charge in [0.25, 0.3) is 0 Å². The van der Waals surface area contributed by atoms with Crippen LogP contribution in [0.1, 0.15) is 39.6 Å². The fraction of sp³-hybridized carbons (Fsp3) is 0.238. The van der Waals surface area contributed by atoms with E-state index in [2.05, 4.69) is 4.98 Å². The van der Waals surface area contributed by atoms with Crippen molar-refractivity contribution in [2.24, 2.45) is 0 Å². The van der Waals surface area contributed by atoms with Crippen LogP contribution in [0.3, 0.4) is 0 Å². The highest BCUT2D eigenvalue weighted by Gasteiger charge is 2.20. The van der Waals surface area contributed by atoms with Crippen LogP contribution in [-0.2, 0) is 6.54 Å². The summed E-state index contributed by atoms with van der Waals surface area (Å²) in [6.07, 6.45) is 3.94. The number of rotatable bonds is 7. The first-order valence-electron chi connectivity index (χ1n) is 8.68. The monoisotopic (exact) mass is 402 g/mol. The zero-order valence-electron chi connectivity index (χ0n) is 14.9. The van der Waals surface area contributed by atoms with Gasteiger partial charge in [-0.15, -0.1) is 0 Å². The van der Waals surface area contributed by atoms with Crippen molar-refractivity contribution >= 4 is 29.0 Å². The summed E-state index contributed by atoms with van der Waals surface area (Å²) in [5.41, 5.74) is 2.51. The molecule has 1 N–H and O–H groups in total. The van der Waals surface area contributed by atoms with Crippen molar-refractivity contribution in [2.75, 3.05) is 6.61 Å². The quantitative estimate of drug-likeness (QED) is 0.572. The van der Waals surface area contributed by atoms with E-state index in [0.29, 0.717) is 34.4 Å². The summed E-state index contributed by atoms with van der Waals surface area (Å²) in [6, 6.07) is 12.9. The first-order valence-corrected chi connectivity index (χ1v) is 9.44. The number of carbonyl (C=O) groups excluding carboxylic acids is 1. The molecule has 2 aromatic carbocycles. The standard InChI is InChI=1S/C21H20Cl2N2O2/c1-14-4-2-3-5-17(14)20(27)21-24-9-10-25(21)13-16(8-11-26)15-6-7-18(22)19(23)12-15/h2-7,9-10,12,16,26H,8,11,13H2,1H3. The second-order valence-corrected chi connectivity index (χ2v) is 7.24. The lowest BCUT2D eigenvalue weighted by Crippen LogP contribution is -2.17. The van der Waals surface area contributed by atoms with Gasteiger partial charge in [-0.3, -0.25) is 4.79 Å².